The van der Waals surface area contributed by atoms with Gasteiger partial charge in [0.05, 0.1) is 11.4 Å². The molecule has 0 bridgehead atoms. The summed E-state index contributed by atoms with van der Waals surface area (Å²) < 4.78 is 0. The first-order valence-corrected chi connectivity index (χ1v) is 7.78. The van der Waals surface area contributed by atoms with Crippen molar-refractivity contribution in [3.8, 4) is 0 Å². The Hall–Kier alpha value is -0.840. The Bertz CT molecular complexity index is 532. The Morgan fingerprint density at radius 1 is 1.33 bits per heavy atom. The van der Waals surface area contributed by atoms with Gasteiger partial charge in [-0.05, 0) is 32.4 Å². The summed E-state index contributed by atoms with van der Waals surface area (Å²) in [6, 6.07) is 8.53. The van der Waals surface area contributed by atoms with Gasteiger partial charge >= 0.3 is 0 Å². The monoisotopic (exact) mass is 278 g/mol. The maximum atomic E-state index is 5.92. The Labute approximate surface area is 117 Å². The van der Waals surface area contributed by atoms with Crippen molar-refractivity contribution < 1.29 is 0 Å². The number of hydrogen-bond acceptors (Lipinski definition) is 4. The van der Waals surface area contributed by atoms with E-state index in [9.17, 15) is 0 Å². The molecule has 2 rings (SSSR count). The topological polar surface area (TPSA) is 38.9 Å². The average molecular weight is 278 g/mol. The minimum atomic E-state index is 0.0831. The predicted octanol–water partition coefficient (Wildman–Crippen LogP) is 4.07. The molecule has 1 unspecified atom stereocenters. The van der Waals surface area contributed by atoms with E-state index < -0.39 is 0 Å². The number of thioether (sulfide) groups is 1. The molecular formula is C14H18N2S2. The van der Waals surface area contributed by atoms with Crippen LogP contribution in [0, 0.1) is 13.8 Å². The van der Waals surface area contributed by atoms with Crippen LogP contribution in [0.25, 0.3) is 0 Å². The molecule has 2 aromatic rings. The van der Waals surface area contributed by atoms with Gasteiger partial charge in [-0.15, -0.1) is 23.1 Å². The molecule has 1 aromatic carbocycles. The van der Waals surface area contributed by atoms with Crippen LogP contribution < -0.4 is 5.73 Å². The van der Waals surface area contributed by atoms with Gasteiger partial charge in [-0.2, -0.15) is 0 Å². The number of hydrogen-bond donors (Lipinski definition) is 1. The van der Waals surface area contributed by atoms with Crippen molar-refractivity contribution in [2.45, 2.75) is 37.5 Å². The molecule has 0 spiro atoms. The molecule has 0 aliphatic rings. The lowest BCUT2D eigenvalue weighted by Crippen LogP contribution is -2.03. The van der Waals surface area contributed by atoms with E-state index in [4.69, 9.17) is 5.73 Å². The van der Waals surface area contributed by atoms with Gasteiger partial charge in [0.2, 0.25) is 0 Å². The molecule has 0 aliphatic carbocycles. The smallest absolute Gasteiger partial charge is 0.103 e. The second kappa shape index (κ2) is 5.87. The van der Waals surface area contributed by atoms with Crippen molar-refractivity contribution in [1.29, 1.82) is 0 Å². The highest BCUT2D eigenvalue weighted by atomic mass is 32.2. The molecule has 0 radical (unpaired) electrons. The fourth-order valence-electron chi connectivity index (χ4n) is 1.81. The maximum absolute atomic E-state index is 5.92. The molecule has 0 saturated carbocycles. The summed E-state index contributed by atoms with van der Waals surface area (Å²) in [6.45, 7) is 6.19. The van der Waals surface area contributed by atoms with Crippen LogP contribution in [-0.4, -0.2) is 4.98 Å². The zero-order valence-corrected chi connectivity index (χ0v) is 12.6. The van der Waals surface area contributed by atoms with Gasteiger partial charge in [0, 0.05) is 15.8 Å². The fraction of sp³-hybridized carbons (Fsp3) is 0.357. The second-order valence-electron chi connectivity index (χ2n) is 4.40. The Balaban J connectivity index is 2.07. The third-order valence-electron chi connectivity index (χ3n) is 2.74. The minimum Gasteiger partial charge on any atom is -0.323 e. The summed E-state index contributed by atoms with van der Waals surface area (Å²) in [4.78, 5) is 7.12. The van der Waals surface area contributed by atoms with Gasteiger partial charge in [0.15, 0.2) is 0 Å². The molecule has 1 aromatic heterocycles. The molecule has 0 fully saturated rings. The van der Waals surface area contributed by atoms with Gasteiger partial charge in [-0.25, -0.2) is 4.98 Å². The second-order valence-corrected chi connectivity index (χ2v) is 6.53. The highest BCUT2D eigenvalue weighted by Gasteiger charge is 2.11. The van der Waals surface area contributed by atoms with E-state index in [1.807, 2.05) is 25.6 Å². The number of aryl methyl sites for hydroxylation is 2. The first-order chi connectivity index (χ1) is 8.58. The summed E-state index contributed by atoms with van der Waals surface area (Å²) in [5.74, 6) is 0.920. The molecule has 96 valence electrons. The Morgan fingerprint density at radius 2 is 2.06 bits per heavy atom. The van der Waals surface area contributed by atoms with E-state index in [1.54, 1.807) is 11.3 Å². The third kappa shape index (κ3) is 3.13. The first kappa shape index (κ1) is 13.6. The normalized spacial score (nSPS) is 12.7. The molecule has 0 aliphatic heterocycles. The summed E-state index contributed by atoms with van der Waals surface area (Å²) in [5.41, 5.74) is 8.32. The number of rotatable bonds is 4. The van der Waals surface area contributed by atoms with Gasteiger partial charge in [-0.3, -0.25) is 0 Å². The lowest BCUT2D eigenvalue weighted by Gasteiger charge is -2.03. The fourth-order valence-corrected chi connectivity index (χ4v) is 3.85. The lowest BCUT2D eigenvalue weighted by atomic mass is 10.2. The van der Waals surface area contributed by atoms with Crippen LogP contribution in [0.1, 0.15) is 34.1 Å². The summed E-state index contributed by atoms with van der Waals surface area (Å²) in [5, 5.41) is 1.16. The van der Waals surface area contributed by atoms with Crippen LogP contribution in [0.3, 0.4) is 0 Å². The number of nitrogens with two attached hydrogens (primary N) is 1. The van der Waals surface area contributed by atoms with Gasteiger partial charge in [0.1, 0.15) is 5.01 Å². The molecule has 18 heavy (non-hydrogen) atoms. The SMILES string of the molecule is Cc1ccccc1SCc1nc(C)c(C(C)N)s1. The lowest BCUT2D eigenvalue weighted by molar-refractivity contribution is 0.825. The number of thiazole rings is 1. The number of nitrogens with zero attached hydrogens (tertiary/aromatic N) is 1. The van der Waals surface area contributed by atoms with Crippen molar-refractivity contribution in [2.24, 2.45) is 5.73 Å². The van der Waals surface area contributed by atoms with Crippen molar-refractivity contribution in [3.05, 3.63) is 45.4 Å². The van der Waals surface area contributed by atoms with Gasteiger partial charge in [0.25, 0.3) is 0 Å². The van der Waals surface area contributed by atoms with Crippen molar-refractivity contribution in [2.75, 3.05) is 0 Å². The predicted molar refractivity (Wildman–Crippen MR) is 80.2 cm³/mol. The van der Waals surface area contributed by atoms with Crippen LogP contribution >= 0.6 is 23.1 Å². The third-order valence-corrected chi connectivity index (χ3v) is 5.46. The molecule has 4 heteroatoms. The van der Waals surface area contributed by atoms with E-state index in [0.29, 0.717) is 0 Å². The van der Waals surface area contributed by atoms with Crippen LogP contribution in [-0.2, 0) is 5.75 Å². The van der Waals surface area contributed by atoms with Crippen LogP contribution in [0.2, 0.25) is 0 Å². The highest BCUT2D eigenvalue weighted by Crippen LogP contribution is 2.30. The maximum Gasteiger partial charge on any atom is 0.103 e. The molecule has 0 saturated heterocycles. The average Bonchev–Trinajstić information content (AvgIpc) is 2.70. The van der Waals surface area contributed by atoms with E-state index in [2.05, 4.69) is 36.2 Å². The summed E-state index contributed by atoms with van der Waals surface area (Å²) in [6.07, 6.45) is 0. The largest absolute Gasteiger partial charge is 0.323 e. The van der Waals surface area contributed by atoms with E-state index in [1.165, 1.54) is 15.3 Å². The standard InChI is InChI=1S/C14H18N2S2/c1-9-6-4-5-7-12(9)17-8-13-16-11(3)14(18-13)10(2)15/h4-7,10H,8,15H2,1-3H3. The van der Waals surface area contributed by atoms with E-state index in [-0.39, 0.29) is 6.04 Å². The van der Waals surface area contributed by atoms with Crippen molar-refractivity contribution in [1.82, 2.24) is 4.98 Å². The Morgan fingerprint density at radius 3 is 2.67 bits per heavy atom. The molecule has 2 N–H and O–H groups in total. The summed E-state index contributed by atoms with van der Waals surface area (Å²) >= 11 is 3.58. The van der Waals surface area contributed by atoms with Crippen LogP contribution in [0.5, 0.6) is 0 Å². The van der Waals surface area contributed by atoms with Gasteiger partial charge < -0.3 is 5.73 Å². The zero-order chi connectivity index (χ0) is 13.1. The molecule has 2 nitrogen and oxygen atoms in total. The van der Waals surface area contributed by atoms with E-state index >= 15 is 0 Å². The van der Waals surface area contributed by atoms with E-state index in [0.717, 1.165) is 16.5 Å². The highest BCUT2D eigenvalue weighted by molar-refractivity contribution is 7.98. The van der Waals surface area contributed by atoms with Crippen LogP contribution in [0.4, 0.5) is 0 Å². The molecule has 1 heterocycles. The first-order valence-electron chi connectivity index (χ1n) is 5.98. The summed E-state index contributed by atoms with van der Waals surface area (Å²) in [7, 11) is 0. The minimum absolute atomic E-state index is 0.0831. The quantitative estimate of drug-likeness (QED) is 0.857. The number of aromatic nitrogens is 1. The molecular weight excluding hydrogens is 260 g/mol. The Kier molecular flexibility index (Phi) is 4.43. The van der Waals surface area contributed by atoms with Crippen molar-refractivity contribution in [3.63, 3.8) is 0 Å². The van der Waals surface area contributed by atoms with Gasteiger partial charge in [-0.1, -0.05) is 18.2 Å². The molecule has 1 atom stereocenters. The zero-order valence-electron chi connectivity index (χ0n) is 10.9. The van der Waals surface area contributed by atoms with Crippen LogP contribution in [0.15, 0.2) is 29.2 Å². The molecule has 0 amide bonds. The number of benzene rings is 1. The van der Waals surface area contributed by atoms with Crippen molar-refractivity contribution >= 4 is 23.1 Å².